The van der Waals surface area contributed by atoms with Crippen LogP contribution in [0.1, 0.15) is 16.2 Å². The molecule has 0 spiro atoms. The molecule has 0 N–H and O–H groups in total. The first kappa shape index (κ1) is 18.5. The summed E-state index contributed by atoms with van der Waals surface area (Å²) in [4.78, 5) is 14.2. The third-order valence-electron chi connectivity index (χ3n) is 4.86. The van der Waals surface area contributed by atoms with Gasteiger partial charge in [0.2, 0.25) is 10.0 Å². The summed E-state index contributed by atoms with van der Waals surface area (Å²) in [6, 6.07) is 11.4. The summed E-state index contributed by atoms with van der Waals surface area (Å²) in [5.41, 5.74) is 1.84. The van der Waals surface area contributed by atoms with Gasteiger partial charge in [0.15, 0.2) is 0 Å². The van der Waals surface area contributed by atoms with Crippen molar-refractivity contribution < 1.29 is 17.9 Å². The molecular formula is C18H23N3O4S. The molecule has 0 unspecified atom stereocenters. The molecule has 7 nitrogen and oxygen atoms in total. The highest BCUT2D eigenvalue weighted by atomic mass is 32.2. The van der Waals surface area contributed by atoms with Gasteiger partial charge >= 0.3 is 5.97 Å². The summed E-state index contributed by atoms with van der Waals surface area (Å²) in [5, 5.41) is 0. The fourth-order valence-corrected chi connectivity index (χ4v) is 4.89. The third-order valence-corrected chi connectivity index (χ3v) is 6.88. The molecule has 140 valence electrons. The molecule has 0 aliphatic carbocycles. The fourth-order valence-electron chi connectivity index (χ4n) is 3.20. The lowest BCUT2D eigenvalue weighted by molar-refractivity contribution is 0.0589. The van der Waals surface area contributed by atoms with Crippen molar-refractivity contribution in [1.29, 1.82) is 0 Å². The lowest BCUT2D eigenvalue weighted by atomic mass is 10.2. The SMILES string of the molecule is COC(=O)c1cc(S(=O)(=O)N2CCN(c3ccccc3)CC2)c(C)n1C. The number of nitrogens with zero attached hydrogens (tertiary/aromatic N) is 3. The Labute approximate surface area is 153 Å². The van der Waals surface area contributed by atoms with E-state index < -0.39 is 16.0 Å². The van der Waals surface area contributed by atoms with Gasteiger partial charge in [-0.2, -0.15) is 4.31 Å². The molecule has 1 aliphatic rings. The summed E-state index contributed by atoms with van der Waals surface area (Å²) in [6.07, 6.45) is 0. The van der Waals surface area contributed by atoms with E-state index in [0.29, 0.717) is 31.9 Å². The monoisotopic (exact) mass is 377 g/mol. The lowest BCUT2D eigenvalue weighted by Crippen LogP contribution is -2.48. The van der Waals surface area contributed by atoms with Gasteiger partial charge in [-0.15, -0.1) is 0 Å². The zero-order valence-electron chi connectivity index (χ0n) is 15.2. The first-order valence-electron chi connectivity index (χ1n) is 8.41. The molecule has 2 heterocycles. The molecule has 1 aliphatic heterocycles. The van der Waals surface area contributed by atoms with Crippen molar-refractivity contribution in [2.75, 3.05) is 38.2 Å². The van der Waals surface area contributed by atoms with Crippen molar-refractivity contribution in [3.8, 4) is 0 Å². The molecule has 1 fully saturated rings. The summed E-state index contributed by atoms with van der Waals surface area (Å²) in [5.74, 6) is -0.550. The number of rotatable bonds is 4. The molecule has 0 atom stereocenters. The van der Waals surface area contributed by atoms with Gasteiger partial charge in [0.05, 0.1) is 7.11 Å². The topological polar surface area (TPSA) is 71.8 Å². The smallest absolute Gasteiger partial charge is 0.354 e. The van der Waals surface area contributed by atoms with Crippen molar-refractivity contribution in [3.05, 3.63) is 47.8 Å². The first-order valence-corrected chi connectivity index (χ1v) is 9.85. The maximum Gasteiger partial charge on any atom is 0.354 e. The maximum absolute atomic E-state index is 13.1. The van der Waals surface area contributed by atoms with Gasteiger partial charge in [0.1, 0.15) is 10.6 Å². The molecular weight excluding hydrogens is 354 g/mol. The highest BCUT2D eigenvalue weighted by Crippen LogP contribution is 2.25. The van der Waals surface area contributed by atoms with Crippen molar-refractivity contribution in [3.63, 3.8) is 0 Å². The average molecular weight is 377 g/mol. The van der Waals surface area contributed by atoms with E-state index in [0.717, 1.165) is 5.69 Å². The molecule has 26 heavy (non-hydrogen) atoms. The molecule has 2 aromatic rings. The Kier molecular flexibility index (Phi) is 5.06. The minimum atomic E-state index is -3.66. The second-order valence-electron chi connectivity index (χ2n) is 6.26. The second kappa shape index (κ2) is 7.13. The largest absolute Gasteiger partial charge is 0.464 e. The highest BCUT2D eigenvalue weighted by molar-refractivity contribution is 7.89. The standard InChI is InChI=1S/C18H23N3O4S/c1-14-17(13-16(19(14)2)18(22)25-3)26(23,24)21-11-9-20(10-12-21)15-7-5-4-6-8-15/h4-8,13H,9-12H2,1-3H3. The van der Waals surface area contributed by atoms with Gasteiger partial charge in [0, 0.05) is 44.6 Å². The van der Waals surface area contributed by atoms with E-state index in [9.17, 15) is 13.2 Å². The summed E-state index contributed by atoms with van der Waals surface area (Å²) in [7, 11) is -0.724. The van der Waals surface area contributed by atoms with Crippen LogP contribution in [-0.2, 0) is 21.8 Å². The number of hydrogen-bond donors (Lipinski definition) is 0. The number of carbonyl (C=O) groups excluding carboxylic acids is 1. The maximum atomic E-state index is 13.1. The molecule has 8 heteroatoms. The number of anilines is 1. The molecule has 1 aromatic heterocycles. The minimum absolute atomic E-state index is 0.161. The van der Waals surface area contributed by atoms with Crippen LogP contribution in [0.3, 0.4) is 0 Å². The minimum Gasteiger partial charge on any atom is -0.464 e. The van der Waals surface area contributed by atoms with E-state index in [2.05, 4.69) is 4.90 Å². The van der Waals surface area contributed by atoms with E-state index in [1.807, 2.05) is 30.3 Å². The number of carbonyl (C=O) groups is 1. The first-order chi connectivity index (χ1) is 12.4. The van der Waals surface area contributed by atoms with Gasteiger partial charge in [-0.1, -0.05) is 18.2 Å². The van der Waals surface area contributed by atoms with Crippen molar-refractivity contribution in [1.82, 2.24) is 8.87 Å². The molecule has 0 radical (unpaired) electrons. The third kappa shape index (κ3) is 3.22. The molecule has 1 aromatic carbocycles. The number of esters is 1. The zero-order valence-corrected chi connectivity index (χ0v) is 16.0. The molecule has 3 rings (SSSR count). The highest BCUT2D eigenvalue weighted by Gasteiger charge is 2.32. The van der Waals surface area contributed by atoms with Gasteiger partial charge in [-0.05, 0) is 25.1 Å². The number of piperazine rings is 1. The van der Waals surface area contributed by atoms with Crippen LogP contribution in [0.4, 0.5) is 5.69 Å². The van der Waals surface area contributed by atoms with Gasteiger partial charge in [-0.25, -0.2) is 13.2 Å². The Hall–Kier alpha value is -2.32. The lowest BCUT2D eigenvalue weighted by Gasteiger charge is -2.35. The van der Waals surface area contributed by atoms with E-state index in [1.54, 1.807) is 18.5 Å². The van der Waals surface area contributed by atoms with E-state index in [4.69, 9.17) is 4.74 Å². The Morgan fingerprint density at radius 3 is 2.27 bits per heavy atom. The normalized spacial score (nSPS) is 15.9. The molecule has 0 amide bonds. The molecule has 0 bridgehead atoms. The van der Waals surface area contributed by atoms with Gasteiger partial charge in [-0.3, -0.25) is 0 Å². The van der Waals surface area contributed by atoms with Crippen molar-refractivity contribution in [2.45, 2.75) is 11.8 Å². The predicted octanol–water partition coefficient (Wildman–Crippen LogP) is 1.63. The molecule has 1 saturated heterocycles. The van der Waals surface area contributed by atoms with Crippen LogP contribution in [0.25, 0.3) is 0 Å². The summed E-state index contributed by atoms with van der Waals surface area (Å²) >= 11 is 0. The zero-order chi connectivity index (χ0) is 18.9. The number of benzene rings is 1. The van der Waals surface area contributed by atoms with E-state index >= 15 is 0 Å². The van der Waals surface area contributed by atoms with Crippen molar-refractivity contribution in [2.24, 2.45) is 7.05 Å². The number of para-hydroxylation sites is 1. The average Bonchev–Trinajstić information content (AvgIpc) is 2.98. The molecule has 0 saturated carbocycles. The van der Waals surface area contributed by atoms with Crippen LogP contribution in [0.2, 0.25) is 0 Å². The van der Waals surface area contributed by atoms with Crippen molar-refractivity contribution >= 4 is 21.7 Å². The summed E-state index contributed by atoms with van der Waals surface area (Å²) in [6.45, 7) is 3.75. The number of hydrogen-bond acceptors (Lipinski definition) is 5. The van der Waals surface area contributed by atoms with Crippen LogP contribution < -0.4 is 4.90 Å². The van der Waals surface area contributed by atoms with Crippen LogP contribution in [0, 0.1) is 6.92 Å². The number of sulfonamides is 1. The van der Waals surface area contributed by atoms with Crippen LogP contribution in [-0.4, -0.2) is 56.5 Å². The van der Waals surface area contributed by atoms with E-state index in [-0.39, 0.29) is 10.6 Å². The number of ether oxygens (including phenoxy) is 1. The number of aromatic nitrogens is 1. The Morgan fingerprint density at radius 1 is 1.08 bits per heavy atom. The Morgan fingerprint density at radius 2 is 1.69 bits per heavy atom. The van der Waals surface area contributed by atoms with E-state index in [1.165, 1.54) is 17.5 Å². The Bertz CT molecular complexity index is 898. The number of methoxy groups -OCH3 is 1. The van der Waals surface area contributed by atoms with Gasteiger partial charge < -0.3 is 14.2 Å². The summed E-state index contributed by atoms with van der Waals surface area (Å²) < 4.78 is 33.9. The quantitative estimate of drug-likeness (QED) is 0.758. The van der Waals surface area contributed by atoms with Crippen LogP contribution >= 0.6 is 0 Å². The van der Waals surface area contributed by atoms with Gasteiger partial charge in [0.25, 0.3) is 0 Å². The second-order valence-corrected chi connectivity index (χ2v) is 8.16. The van der Waals surface area contributed by atoms with Crippen LogP contribution in [0.15, 0.2) is 41.3 Å². The predicted molar refractivity (Wildman–Crippen MR) is 98.9 cm³/mol. The fraction of sp³-hybridized carbons (Fsp3) is 0.389. The van der Waals surface area contributed by atoms with Crippen LogP contribution in [0.5, 0.6) is 0 Å². The Balaban J connectivity index is 1.81.